The summed E-state index contributed by atoms with van der Waals surface area (Å²) in [5.41, 5.74) is 6.87. The van der Waals surface area contributed by atoms with Crippen LogP contribution in [-0.2, 0) is 22.0 Å². The van der Waals surface area contributed by atoms with Gasteiger partial charge in [-0.15, -0.1) is 0 Å². The summed E-state index contributed by atoms with van der Waals surface area (Å²) in [5.74, 6) is 0.453. The smallest absolute Gasteiger partial charge is 0.237 e. The van der Waals surface area contributed by atoms with Crippen molar-refractivity contribution in [1.29, 1.82) is 0 Å². The maximum Gasteiger partial charge on any atom is 0.237 e. The number of amides is 1. The van der Waals surface area contributed by atoms with Crippen LogP contribution in [0.4, 0.5) is 0 Å². The van der Waals surface area contributed by atoms with Gasteiger partial charge in [-0.2, -0.15) is 0 Å². The number of carbonyl (C=O) groups is 1. The minimum absolute atomic E-state index is 0.152. The van der Waals surface area contributed by atoms with Crippen molar-refractivity contribution in [2.45, 2.75) is 18.9 Å². The van der Waals surface area contributed by atoms with E-state index in [0.717, 1.165) is 5.56 Å². The second-order valence-electron chi connectivity index (χ2n) is 4.22. The van der Waals surface area contributed by atoms with E-state index in [0.29, 0.717) is 25.1 Å². The Morgan fingerprint density at radius 1 is 1.39 bits per heavy atom. The molecule has 1 rings (SSSR count). The molecule has 0 radical (unpaired) electrons. The summed E-state index contributed by atoms with van der Waals surface area (Å²) < 4.78 is 10.8. The molecule has 0 bridgehead atoms. The molecule has 0 aliphatic rings. The van der Waals surface area contributed by atoms with E-state index in [-0.39, 0.29) is 5.91 Å². The van der Waals surface area contributed by atoms with E-state index >= 15 is 0 Å². The van der Waals surface area contributed by atoms with Gasteiger partial charge < -0.3 is 11.1 Å². The molecule has 1 unspecified atom stereocenters. The zero-order chi connectivity index (χ0) is 13.4. The number of carbonyl (C=O) groups excluding carboxylic acids is 1. The lowest BCUT2D eigenvalue weighted by Crippen LogP contribution is -2.42. The normalized spacial score (nSPS) is 13.9. The van der Waals surface area contributed by atoms with Gasteiger partial charge in [-0.3, -0.25) is 9.00 Å². The van der Waals surface area contributed by atoms with Gasteiger partial charge in [0.25, 0.3) is 0 Å². The van der Waals surface area contributed by atoms with Gasteiger partial charge in [-0.25, -0.2) is 0 Å². The van der Waals surface area contributed by atoms with Crippen LogP contribution in [0.3, 0.4) is 0 Å². The first-order chi connectivity index (χ1) is 8.59. The number of nitrogens with two attached hydrogens (primary N) is 1. The van der Waals surface area contributed by atoms with E-state index in [2.05, 4.69) is 5.32 Å². The molecular weight excluding hydrogens is 248 g/mol. The molecular formula is C13H20N2O2S. The van der Waals surface area contributed by atoms with Crippen molar-refractivity contribution >= 4 is 16.7 Å². The summed E-state index contributed by atoms with van der Waals surface area (Å²) in [4.78, 5) is 11.7. The Labute approximate surface area is 110 Å². The highest BCUT2D eigenvalue weighted by molar-refractivity contribution is 7.84. The molecule has 0 saturated carbocycles. The zero-order valence-electron chi connectivity index (χ0n) is 10.6. The number of hydrogen-bond acceptors (Lipinski definition) is 3. The van der Waals surface area contributed by atoms with Gasteiger partial charge in [-0.1, -0.05) is 30.3 Å². The van der Waals surface area contributed by atoms with Gasteiger partial charge in [0.1, 0.15) is 0 Å². The standard InChI is InChI=1S/C13H20N2O2S/c1-18(17)9-5-8-15-13(16)12(14)10-11-6-3-2-4-7-11/h2-4,6-7,12H,5,8-10,14H2,1H3,(H,15,16)/t12-,18?/m0/s1. The quantitative estimate of drug-likeness (QED) is 0.705. The van der Waals surface area contributed by atoms with E-state index in [1.807, 2.05) is 30.3 Å². The Balaban J connectivity index is 2.27. The van der Waals surface area contributed by atoms with Crippen LogP contribution < -0.4 is 11.1 Å². The van der Waals surface area contributed by atoms with Gasteiger partial charge >= 0.3 is 0 Å². The van der Waals surface area contributed by atoms with Crippen LogP contribution in [0.15, 0.2) is 30.3 Å². The first-order valence-electron chi connectivity index (χ1n) is 5.97. The number of hydrogen-bond donors (Lipinski definition) is 2. The summed E-state index contributed by atoms with van der Waals surface area (Å²) in [5, 5.41) is 2.76. The molecule has 1 amide bonds. The third-order valence-electron chi connectivity index (χ3n) is 2.54. The summed E-state index contributed by atoms with van der Waals surface area (Å²) in [6.45, 7) is 0.529. The molecule has 0 aliphatic carbocycles. The highest BCUT2D eigenvalue weighted by Gasteiger charge is 2.13. The summed E-state index contributed by atoms with van der Waals surface area (Å²) in [6, 6.07) is 9.16. The number of nitrogens with one attached hydrogen (secondary N) is 1. The summed E-state index contributed by atoms with van der Waals surface area (Å²) in [7, 11) is -0.805. The molecule has 1 aromatic carbocycles. The SMILES string of the molecule is CS(=O)CCCNC(=O)[C@@H](N)Cc1ccccc1. The van der Waals surface area contributed by atoms with Crippen molar-refractivity contribution in [1.82, 2.24) is 5.32 Å². The average molecular weight is 268 g/mol. The predicted molar refractivity (Wildman–Crippen MR) is 74.7 cm³/mol. The summed E-state index contributed by atoms with van der Waals surface area (Å²) >= 11 is 0. The van der Waals surface area contributed by atoms with Crippen molar-refractivity contribution in [3.63, 3.8) is 0 Å². The van der Waals surface area contributed by atoms with Crippen LogP contribution in [0.2, 0.25) is 0 Å². The zero-order valence-corrected chi connectivity index (χ0v) is 11.4. The molecule has 18 heavy (non-hydrogen) atoms. The fourth-order valence-electron chi connectivity index (χ4n) is 1.58. The first kappa shape index (κ1) is 14.9. The van der Waals surface area contributed by atoms with Crippen molar-refractivity contribution in [2.24, 2.45) is 5.73 Å². The molecule has 0 heterocycles. The fraction of sp³-hybridized carbons (Fsp3) is 0.462. The van der Waals surface area contributed by atoms with Gasteiger partial charge in [0.15, 0.2) is 0 Å². The molecule has 3 N–H and O–H groups in total. The Hall–Kier alpha value is -1.20. The lowest BCUT2D eigenvalue weighted by Gasteiger charge is -2.12. The number of rotatable bonds is 7. The lowest BCUT2D eigenvalue weighted by molar-refractivity contribution is -0.122. The van der Waals surface area contributed by atoms with Gasteiger partial charge in [-0.05, 0) is 18.4 Å². The Morgan fingerprint density at radius 2 is 2.06 bits per heavy atom. The molecule has 0 fully saturated rings. The minimum atomic E-state index is -0.805. The maximum atomic E-state index is 11.7. The second-order valence-corrected chi connectivity index (χ2v) is 5.77. The Morgan fingerprint density at radius 3 is 2.67 bits per heavy atom. The average Bonchev–Trinajstić information content (AvgIpc) is 2.35. The van der Waals surface area contributed by atoms with E-state index in [9.17, 15) is 9.00 Å². The van der Waals surface area contributed by atoms with Gasteiger partial charge in [0, 0.05) is 29.4 Å². The molecule has 0 spiro atoms. The lowest BCUT2D eigenvalue weighted by atomic mass is 10.1. The molecule has 0 aromatic heterocycles. The van der Waals surface area contributed by atoms with E-state index in [4.69, 9.17) is 5.73 Å². The van der Waals surface area contributed by atoms with Crippen LogP contribution >= 0.6 is 0 Å². The maximum absolute atomic E-state index is 11.7. The highest BCUT2D eigenvalue weighted by atomic mass is 32.2. The third-order valence-corrected chi connectivity index (χ3v) is 3.41. The molecule has 1 aromatic rings. The predicted octanol–water partition coefficient (Wildman–Crippen LogP) is 0.441. The Bertz CT molecular complexity index is 395. The van der Waals surface area contributed by atoms with Crippen LogP contribution in [0, 0.1) is 0 Å². The molecule has 5 heteroatoms. The topological polar surface area (TPSA) is 72.2 Å². The van der Waals surface area contributed by atoms with Crippen LogP contribution in [0.5, 0.6) is 0 Å². The van der Waals surface area contributed by atoms with Crippen molar-refractivity contribution < 1.29 is 9.00 Å². The fourth-order valence-corrected chi connectivity index (χ4v) is 2.13. The second kappa shape index (κ2) is 8.00. The third kappa shape index (κ3) is 5.93. The minimum Gasteiger partial charge on any atom is -0.355 e. The monoisotopic (exact) mass is 268 g/mol. The largest absolute Gasteiger partial charge is 0.355 e. The first-order valence-corrected chi connectivity index (χ1v) is 7.69. The summed E-state index contributed by atoms with van der Waals surface area (Å²) in [6.07, 6.45) is 2.91. The van der Waals surface area contributed by atoms with E-state index < -0.39 is 16.8 Å². The van der Waals surface area contributed by atoms with Crippen molar-refractivity contribution in [3.8, 4) is 0 Å². The van der Waals surface area contributed by atoms with Crippen LogP contribution in [0.25, 0.3) is 0 Å². The van der Waals surface area contributed by atoms with Crippen molar-refractivity contribution in [3.05, 3.63) is 35.9 Å². The van der Waals surface area contributed by atoms with Crippen LogP contribution in [0.1, 0.15) is 12.0 Å². The molecule has 2 atom stereocenters. The number of benzene rings is 1. The van der Waals surface area contributed by atoms with E-state index in [1.54, 1.807) is 6.26 Å². The molecule has 0 saturated heterocycles. The molecule has 0 aliphatic heterocycles. The van der Waals surface area contributed by atoms with Crippen molar-refractivity contribution in [2.75, 3.05) is 18.6 Å². The highest BCUT2D eigenvalue weighted by Crippen LogP contribution is 2.01. The van der Waals surface area contributed by atoms with Crippen LogP contribution in [-0.4, -0.2) is 34.7 Å². The molecule has 100 valence electrons. The van der Waals surface area contributed by atoms with E-state index in [1.165, 1.54) is 0 Å². The molecule has 4 nitrogen and oxygen atoms in total. The Kier molecular flexibility index (Phi) is 6.60. The van der Waals surface area contributed by atoms with Gasteiger partial charge in [0.2, 0.25) is 5.91 Å². The van der Waals surface area contributed by atoms with Gasteiger partial charge in [0.05, 0.1) is 6.04 Å².